The van der Waals surface area contributed by atoms with Gasteiger partial charge in [-0.25, -0.2) is 8.78 Å². The number of halogens is 2. The van der Waals surface area contributed by atoms with Crippen molar-refractivity contribution in [3.05, 3.63) is 69.3 Å². The van der Waals surface area contributed by atoms with Crippen molar-refractivity contribution in [2.45, 2.75) is 6.54 Å². The van der Waals surface area contributed by atoms with Crippen LogP contribution < -0.4 is 5.32 Å². The fourth-order valence-electron chi connectivity index (χ4n) is 1.80. The molecule has 0 amide bonds. The zero-order valence-corrected chi connectivity index (χ0v) is 10.6. The second-order valence-electron chi connectivity index (χ2n) is 4.23. The van der Waals surface area contributed by atoms with Gasteiger partial charge in [-0.3, -0.25) is 10.1 Å². The van der Waals surface area contributed by atoms with E-state index in [1.54, 1.807) is 0 Å². The van der Waals surface area contributed by atoms with Gasteiger partial charge in [0.2, 0.25) is 0 Å². The van der Waals surface area contributed by atoms with E-state index in [0.29, 0.717) is 11.3 Å². The molecule has 0 spiro atoms. The van der Waals surface area contributed by atoms with Gasteiger partial charge in [-0.15, -0.1) is 0 Å². The van der Waals surface area contributed by atoms with Crippen LogP contribution in [0.15, 0.2) is 36.4 Å². The highest BCUT2D eigenvalue weighted by Gasteiger charge is 2.10. The lowest BCUT2D eigenvalue weighted by Crippen LogP contribution is -2.03. The summed E-state index contributed by atoms with van der Waals surface area (Å²) in [7, 11) is 0. The molecule has 0 saturated carbocycles. The van der Waals surface area contributed by atoms with Crippen molar-refractivity contribution in [1.82, 2.24) is 0 Å². The highest BCUT2D eigenvalue weighted by Crippen LogP contribution is 2.22. The molecule has 2 aromatic carbocycles. The molecule has 0 unspecified atom stereocenters. The van der Waals surface area contributed by atoms with Crippen molar-refractivity contribution in [3.63, 3.8) is 0 Å². The van der Waals surface area contributed by atoms with Crippen LogP contribution in [0.5, 0.6) is 0 Å². The lowest BCUT2D eigenvalue weighted by molar-refractivity contribution is -0.384. The summed E-state index contributed by atoms with van der Waals surface area (Å²) >= 11 is 0. The van der Waals surface area contributed by atoms with Crippen molar-refractivity contribution in [3.8, 4) is 6.07 Å². The molecule has 2 aromatic rings. The molecule has 21 heavy (non-hydrogen) atoms. The zero-order valence-electron chi connectivity index (χ0n) is 10.6. The standard InChI is InChI=1S/C14H9F2N3O2/c15-11-3-9(4-12(16)6-11)8-18-14-2-1-13(19(20)21)5-10(14)7-17/h1-6,18H,8H2. The SMILES string of the molecule is N#Cc1cc([N+](=O)[O-])ccc1NCc1cc(F)cc(F)c1. The van der Waals surface area contributed by atoms with Crippen LogP contribution in [0.2, 0.25) is 0 Å². The highest BCUT2D eigenvalue weighted by atomic mass is 19.1. The lowest BCUT2D eigenvalue weighted by atomic mass is 10.1. The van der Waals surface area contributed by atoms with Crippen LogP contribution in [-0.4, -0.2) is 4.92 Å². The van der Waals surface area contributed by atoms with Gasteiger partial charge in [-0.05, 0) is 23.8 Å². The van der Waals surface area contributed by atoms with Crippen molar-refractivity contribution >= 4 is 11.4 Å². The molecule has 5 nitrogen and oxygen atoms in total. The normalized spacial score (nSPS) is 9.95. The summed E-state index contributed by atoms with van der Waals surface area (Å²) in [6, 6.07) is 8.68. The van der Waals surface area contributed by atoms with E-state index < -0.39 is 16.6 Å². The largest absolute Gasteiger partial charge is 0.380 e. The Morgan fingerprint density at radius 1 is 1.19 bits per heavy atom. The minimum absolute atomic E-state index is 0.0843. The van der Waals surface area contributed by atoms with Gasteiger partial charge in [0.1, 0.15) is 17.7 Å². The molecule has 0 heterocycles. The molecule has 0 saturated heterocycles. The summed E-state index contributed by atoms with van der Waals surface area (Å²) < 4.78 is 26.1. The van der Waals surface area contributed by atoms with Crippen molar-refractivity contribution in [2.24, 2.45) is 0 Å². The van der Waals surface area contributed by atoms with Gasteiger partial charge in [0.15, 0.2) is 0 Å². The smallest absolute Gasteiger partial charge is 0.270 e. The van der Waals surface area contributed by atoms with E-state index >= 15 is 0 Å². The van der Waals surface area contributed by atoms with Gasteiger partial charge in [-0.1, -0.05) is 0 Å². The molecule has 0 aliphatic rings. The Morgan fingerprint density at radius 2 is 1.86 bits per heavy atom. The average molecular weight is 289 g/mol. The summed E-state index contributed by atoms with van der Waals surface area (Å²) in [5.41, 5.74) is 0.595. The minimum Gasteiger partial charge on any atom is -0.380 e. The molecule has 7 heteroatoms. The lowest BCUT2D eigenvalue weighted by Gasteiger charge is -2.08. The molecule has 0 aliphatic heterocycles. The third-order valence-corrected chi connectivity index (χ3v) is 2.74. The Morgan fingerprint density at radius 3 is 2.43 bits per heavy atom. The van der Waals surface area contributed by atoms with Crippen molar-refractivity contribution in [2.75, 3.05) is 5.32 Å². The van der Waals surface area contributed by atoms with E-state index in [4.69, 9.17) is 5.26 Å². The Balaban J connectivity index is 2.20. The van der Waals surface area contributed by atoms with Gasteiger partial charge in [0.25, 0.3) is 5.69 Å². The van der Waals surface area contributed by atoms with Gasteiger partial charge in [-0.2, -0.15) is 5.26 Å². The number of rotatable bonds is 4. The van der Waals surface area contributed by atoms with E-state index in [-0.39, 0.29) is 17.8 Å². The van der Waals surface area contributed by atoms with Crippen LogP contribution in [0, 0.1) is 33.1 Å². The second-order valence-corrected chi connectivity index (χ2v) is 4.23. The molecule has 0 radical (unpaired) electrons. The predicted molar refractivity (Wildman–Crippen MR) is 71.5 cm³/mol. The summed E-state index contributed by atoms with van der Waals surface area (Å²) in [6.45, 7) is 0.0845. The number of non-ortho nitro benzene ring substituents is 1. The number of anilines is 1. The number of benzene rings is 2. The van der Waals surface area contributed by atoms with Crippen LogP contribution in [0.3, 0.4) is 0 Å². The van der Waals surface area contributed by atoms with Crippen LogP contribution in [0.25, 0.3) is 0 Å². The van der Waals surface area contributed by atoms with Gasteiger partial charge in [0, 0.05) is 24.7 Å². The number of nitro groups is 1. The molecule has 106 valence electrons. The highest BCUT2D eigenvalue weighted by molar-refractivity contribution is 5.61. The van der Waals surface area contributed by atoms with Gasteiger partial charge < -0.3 is 5.32 Å². The van der Waals surface area contributed by atoms with Crippen LogP contribution in [0.1, 0.15) is 11.1 Å². The molecular formula is C14H9F2N3O2. The molecule has 0 atom stereocenters. The molecular weight excluding hydrogens is 280 g/mol. The maximum absolute atomic E-state index is 13.0. The summed E-state index contributed by atoms with van der Waals surface area (Å²) in [6.07, 6.45) is 0. The van der Waals surface area contributed by atoms with E-state index in [1.807, 2.05) is 6.07 Å². The summed E-state index contributed by atoms with van der Waals surface area (Å²) in [4.78, 5) is 10.0. The average Bonchev–Trinajstić information content (AvgIpc) is 2.43. The molecule has 0 fully saturated rings. The number of nitrogens with zero attached hydrogens (tertiary/aromatic N) is 2. The monoisotopic (exact) mass is 289 g/mol. The number of nitrogens with one attached hydrogen (secondary N) is 1. The fraction of sp³-hybridized carbons (Fsp3) is 0.0714. The fourth-order valence-corrected chi connectivity index (χ4v) is 1.80. The van der Waals surface area contributed by atoms with E-state index in [1.165, 1.54) is 12.1 Å². The predicted octanol–water partition coefficient (Wildman–Crippen LogP) is 3.36. The van der Waals surface area contributed by atoms with Gasteiger partial charge >= 0.3 is 0 Å². The molecule has 0 aromatic heterocycles. The number of nitro benzene ring substituents is 1. The Hall–Kier alpha value is -3.01. The number of hydrogen-bond donors (Lipinski definition) is 1. The number of nitriles is 1. The molecule has 1 N–H and O–H groups in total. The Labute approximate surface area is 118 Å². The first-order valence-corrected chi connectivity index (χ1v) is 5.87. The Bertz CT molecular complexity index is 721. The third-order valence-electron chi connectivity index (χ3n) is 2.74. The third kappa shape index (κ3) is 3.51. The number of hydrogen-bond acceptors (Lipinski definition) is 4. The maximum Gasteiger partial charge on any atom is 0.270 e. The first-order chi connectivity index (χ1) is 9.99. The van der Waals surface area contributed by atoms with E-state index in [2.05, 4.69) is 5.32 Å². The summed E-state index contributed by atoms with van der Waals surface area (Å²) in [5.74, 6) is -1.40. The maximum atomic E-state index is 13.0. The molecule has 2 rings (SSSR count). The zero-order chi connectivity index (χ0) is 15.4. The quantitative estimate of drug-likeness (QED) is 0.691. The van der Waals surface area contributed by atoms with Crippen LogP contribution in [0.4, 0.5) is 20.2 Å². The van der Waals surface area contributed by atoms with Gasteiger partial charge in [0.05, 0.1) is 16.2 Å². The van der Waals surface area contributed by atoms with Crippen LogP contribution in [-0.2, 0) is 6.54 Å². The van der Waals surface area contributed by atoms with E-state index in [9.17, 15) is 18.9 Å². The van der Waals surface area contributed by atoms with Crippen molar-refractivity contribution in [1.29, 1.82) is 5.26 Å². The second kappa shape index (κ2) is 5.96. The van der Waals surface area contributed by atoms with E-state index in [0.717, 1.165) is 24.3 Å². The Kier molecular flexibility index (Phi) is 4.09. The van der Waals surface area contributed by atoms with Crippen molar-refractivity contribution < 1.29 is 13.7 Å². The molecule has 0 bridgehead atoms. The first kappa shape index (κ1) is 14.4. The minimum atomic E-state index is -0.698. The topological polar surface area (TPSA) is 79.0 Å². The van der Waals surface area contributed by atoms with Crippen LogP contribution >= 0.6 is 0 Å². The molecule has 0 aliphatic carbocycles. The summed E-state index contributed by atoms with van der Waals surface area (Å²) in [5, 5.41) is 22.4. The first-order valence-electron chi connectivity index (χ1n) is 5.87.